The first-order valence-electron chi connectivity index (χ1n) is 5.85. The highest BCUT2D eigenvalue weighted by Crippen LogP contribution is 2.36. The maximum atomic E-state index is 12.7. The topological polar surface area (TPSA) is 54.5 Å². The van der Waals surface area contributed by atoms with Crippen molar-refractivity contribution < 1.29 is 17.1 Å². The minimum Gasteiger partial charge on any atom is -0.311 e. The molecule has 1 atom stereocenters. The van der Waals surface area contributed by atoms with Crippen LogP contribution < -0.4 is 4.90 Å². The van der Waals surface area contributed by atoms with Crippen LogP contribution >= 0.6 is 27.5 Å². The normalized spacial score (nSPS) is 19.7. The number of carbonyl (C=O) groups excluding carboxylic acids is 1. The monoisotopic (exact) mass is 383 g/mol. The van der Waals surface area contributed by atoms with Gasteiger partial charge in [0.1, 0.15) is 0 Å². The van der Waals surface area contributed by atoms with E-state index >= 15 is 0 Å². The Labute approximate surface area is 130 Å². The molecule has 0 saturated carbocycles. The lowest BCUT2D eigenvalue weighted by Gasteiger charge is -2.21. The van der Waals surface area contributed by atoms with Gasteiger partial charge in [-0.05, 0) is 40.5 Å². The van der Waals surface area contributed by atoms with Crippen molar-refractivity contribution in [3.63, 3.8) is 0 Å². The van der Waals surface area contributed by atoms with Gasteiger partial charge in [-0.2, -0.15) is 8.42 Å². The number of halogens is 3. The van der Waals surface area contributed by atoms with Gasteiger partial charge in [0, 0.05) is 28.4 Å². The molecule has 1 saturated heterocycles. The number of nitrogens with zero attached hydrogens (tertiary/aromatic N) is 1. The van der Waals surface area contributed by atoms with Crippen LogP contribution in [-0.4, -0.2) is 26.6 Å². The van der Waals surface area contributed by atoms with Gasteiger partial charge in [-0.25, -0.2) is 0 Å². The fraction of sp³-hybridized carbons (Fsp3) is 0.417. The molecular formula is C12H12BrClFNO3S. The number of anilines is 1. The molecule has 4 nitrogen and oxygen atoms in total. The van der Waals surface area contributed by atoms with E-state index in [-0.39, 0.29) is 18.9 Å². The van der Waals surface area contributed by atoms with Gasteiger partial charge in [0.25, 0.3) is 0 Å². The molecule has 1 unspecified atom stereocenters. The third-order valence-electron chi connectivity index (χ3n) is 3.13. The molecule has 0 bridgehead atoms. The minimum atomic E-state index is -4.58. The minimum absolute atomic E-state index is 0.0255. The van der Waals surface area contributed by atoms with Crippen LogP contribution in [0.5, 0.6) is 0 Å². The maximum absolute atomic E-state index is 12.7. The average Bonchev–Trinajstić information content (AvgIpc) is 2.55. The molecule has 0 aliphatic carbocycles. The van der Waals surface area contributed by atoms with E-state index in [1.165, 1.54) is 4.90 Å². The molecule has 0 radical (unpaired) electrons. The number of amides is 1. The van der Waals surface area contributed by atoms with Gasteiger partial charge in [0.2, 0.25) is 5.91 Å². The van der Waals surface area contributed by atoms with Crippen molar-refractivity contribution >= 4 is 49.3 Å². The average molecular weight is 385 g/mol. The van der Waals surface area contributed by atoms with E-state index in [2.05, 4.69) is 15.9 Å². The van der Waals surface area contributed by atoms with Crippen LogP contribution in [0, 0.1) is 12.8 Å². The fourth-order valence-corrected chi connectivity index (χ4v) is 4.39. The van der Waals surface area contributed by atoms with Gasteiger partial charge >= 0.3 is 10.2 Å². The quantitative estimate of drug-likeness (QED) is 0.753. The largest absolute Gasteiger partial charge is 0.311 e. The Morgan fingerprint density at radius 1 is 1.50 bits per heavy atom. The number of aryl methyl sites for hydroxylation is 1. The number of rotatable bonds is 3. The van der Waals surface area contributed by atoms with Crippen molar-refractivity contribution in [2.24, 2.45) is 5.92 Å². The number of benzene rings is 1. The van der Waals surface area contributed by atoms with Gasteiger partial charge in [0.05, 0.1) is 11.4 Å². The third kappa shape index (κ3) is 3.51. The number of hydrogen-bond donors (Lipinski definition) is 0. The summed E-state index contributed by atoms with van der Waals surface area (Å²) >= 11 is 9.26. The summed E-state index contributed by atoms with van der Waals surface area (Å²) < 4.78 is 34.8. The second-order valence-electron chi connectivity index (χ2n) is 4.83. The predicted octanol–water partition coefficient (Wildman–Crippen LogP) is 3.06. The first-order chi connectivity index (χ1) is 9.17. The number of hydrogen-bond acceptors (Lipinski definition) is 3. The maximum Gasteiger partial charge on any atom is 0.302 e. The van der Waals surface area contributed by atoms with Crippen molar-refractivity contribution in [1.29, 1.82) is 0 Å². The Hall–Kier alpha value is -0.660. The van der Waals surface area contributed by atoms with E-state index in [0.29, 0.717) is 15.2 Å². The molecular weight excluding hydrogens is 373 g/mol. The second-order valence-corrected chi connectivity index (χ2v) is 7.53. The summed E-state index contributed by atoms with van der Waals surface area (Å²) in [5.74, 6) is -1.37. The van der Waals surface area contributed by atoms with Crippen molar-refractivity contribution in [2.45, 2.75) is 13.3 Å². The summed E-state index contributed by atoms with van der Waals surface area (Å²) in [5.41, 5.74) is 1.44. The molecule has 0 aromatic heterocycles. The molecule has 0 spiro atoms. The number of carbonyl (C=O) groups is 1. The van der Waals surface area contributed by atoms with Gasteiger partial charge in [-0.3, -0.25) is 4.79 Å². The molecule has 20 heavy (non-hydrogen) atoms. The van der Waals surface area contributed by atoms with Crippen molar-refractivity contribution in [1.82, 2.24) is 0 Å². The Kier molecular flexibility index (Phi) is 4.41. The Balaban J connectivity index is 2.29. The smallest absolute Gasteiger partial charge is 0.302 e. The molecule has 1 aromatic carbocycles. The van der Waals surface area contributed by atoms with E-state index in [9.17, 15) is 17.1 Å². The van der Waals surface area contributed by atoms with Crippen LogP contribution in [0.25, 0.3) is 0 Å². The van der Waals surface area contributed by atoms with Crippen LogP contribution in [0.3, 0.4) is 0 Å². The highest BCUT2D eigenvalue weighted by atomic mass is 79.9. The third-order valence-corrected chi connectivity index (χ3v) is 4.82. The SMILES string of the molecule is Cc1cc(Cl)cc(Br)c1N1CC(CS(=O)(=O)F)CC1=O. The zero-order valence-corrected chi connectivity index (χ0v) is 13.7. The first kappa shape index (κ1) is 15.7. The summed E-state index contributed by atoms with van der Waals surface area (Å²) in [5, 5.41) is 0.535. The Morgan fingerprint density at radius 3 is 2.70 bits per heavy atom. The van der Waals surface area contributed by atoms with Crippen molar-refractivity contribution in [3.05, 3.63) is 27.2 Å². The van der Waals surface area contributed by atoms with Crippen LogP contribution in [0.1, 0.15) is 12.0 Å². The van der Waals surface area contributed by atoms with Crippen LogP contribution in [0.4, 0.5) is 9.57 Å². The highest BCUT2D eigenvalue weighted by Gasteiger charge is 2.35. The summed E-state index contributed by atoms with van der Waals surface area (Å²) in [6, 6.07) is 3.38. The van der Waals surface area contributed by atoms with E-state index in [0.717, 1.165) is 5.56 Å². The Morgan fingerprint density at radius 2 is 2.15 bits per heavy atom. The molecule has 1 aliphatic rings. The van der Waals surface area contributed by atoms with E-state index in [1.807, 2.05) is 0 Å². The summed E-state index contributed by atoms with van der Waals surface area (Å²) in [6.45, 7) is 1.99. The van der Waals surface area contributed by atoms with Gasteiger partial charge in [0.15, 0.2) is 0 Å². The molecule has 110 valence electrons. The van der Waals surface area contributed by atoms with Crippen molar-refractivity contribution in [3.8, 4) is 0 Å². The lowest BCUT2D eigenvalue weighted by Crippen LogP contribution is -2.26. The molecule has 1 aliphatic heterocycles. The lowest BCUT2D eigenvalue weighted by molar-refractivity contribution is -0.117. The molecule has 0 N–H and O–H groups in total. The Bertz CT molecular complexity index is 642. The van der Waals surface area contributed by atoms with Crippen LogP contribution in [0.15, 0.2) is 16.6 Å². The zero-order valence-electron chi connectivity index (χ0n) is 10.6. The fourth-order valence-electron chi connectivity index (χ4n) is 2.43. The van der Waals surface area contributed by atoms with E-state index in [1.54, 1.807) is 19.1 Å². The van der Waals surface area contributed by atoms with E-state index in [4.69, 9.17) is 11.6 Å². The lowest BCUT2D eigenvalue weighted by atomic mass is 10.1. The summed E-state index contributed by atoms with van der Waals surface area (Å²) in [6.07, 6.45) is 0.0255. The standard InChI is InChI=1S/C12H12BrClFNO3S/c1-7-2-9(14)4-10(13)12(7)16-5-8(3-11(16)17)6-20(15,18)19/h2,4,8H,3,5-6H2,1H3. The molecule has 1 fully saturated rings. The molecule has 8 heteroatoms. The summed E-state index contributed by atoms with van der Waals surface area (Å²) in [4.78, 5) is 13.5. The predicted molar refractivity (Wildman–Crippen MR) is 79.2 cm³/mol. The van der Waals surface area contributed by atoms with Crippen LogP contribution in [-0.2, 0) is 15.0 Å². The molecule has 2 rings (SSSR count). The van der Waals surface area contributed by atoms with Gasteiger partial charge in [-0.1, -0.05) is 11.6 Å². The molecule has 1 aromatic rings. The summed E-state index contributed by atoms with van der Waals surface area (Å²) in [7, 11) is -4.58. The second kappa shape index (κ2) is 5.61. The first-order valence-corrected chi connectivity index (χ1v) is 8.58. The van der Waals surface area contributed by atoms with E-state index < -0.39 is 21.9 Å². The zero-order chi connectivity index (χ0) is 15.1. The highest BCUT2D eigenvalue weighted by molar-refractivity contribution is 9.10. The van der Waals surface area contributed by atoms with Gasteiger partial charge in [-0.15, -0.1) is 3.89 Å². The van der Waals surface area contributed by atoms with Gasteiger partial charge < -0.3 is 4.90 Å². The van der Waals surface area contributed by atoms with Crippen molar-refractivity contribution in [2.75, 3.05) is 17.2 Å². The molecule has 1 heterocycles. The van der Waals surface area contributed by atoms with Crippen LogP contribution in [0.2, 0.25) is 5.02 Å². The molecule has 1 amide bonds.